The van der Waals surface area contributed by atoms with Crippen LogP contribution in [-0.4, -0.2) is 33.9 Å². The summed E-state index contributed by atoms with van der Waals surface area (Å²) in [4.78, 5) is 21.6. The minimum absolute atomic E-state index is 0.186. The van der Waals surface area contributed by atoms with Gasteiger partial charge in [-0.15, -0.1) is 0 Å². The van der Waals surface area contributed by atoms with E-state index in [1.165, 1.54) is 6.08 Å². The number of hydrogen-bond donors (Lipinski definition) is 2. The lowest BCUT2D eigenvalue weighted by Crippen LogP contribution is -2.29. The third kappa shape index (κ3) is 2.61. The van der Waals surface area contributed by atoms with Gasteiger partial charge >= 0.3 is 11.9 Å². The monoisotopic (exact) mass is 228 g/mol. The number of ether oxygens (including phenoxy) is 1. The highest BCUT2D eigenvalue weighted by Gasteiger charge is 2.42. The average Bonchev–Trinajstić information content (AvgIpc) is 2.38. The lowest BCUT2D eigenvalue weighted by Gasteiger charge is -2.25. The molecule has 0 amide bonds. The molecule has 16 heavy (non-hydrogen) atoms. The van der Waals surface area contributed by atoms with E-state index in [2.05, 4.69) is 0 Å². The number of rotatable bonds is 3. The second-order valence-electron chi connectivity index (χ2n) is 4.53. The van der Waals surface area contributed by atoms with Crippen LogP contribution in [0.1, 0.15) is 27.2 Å². The SMILES string of the molecule is CC(=C[C@H](O)C(=O)O)[C@H]1CC(=O)OC1(C)C. The summed E-state index contributed by atoms with van der Waals surface area (Å²) in [5, 5.41) is 17.8. The quantitative estimate of drug-likeness (QED) is 0.549. The number of carboxylic acids is 1. The van der Waals surface area contributed by atoms with Crippen LogP contribution in [0.15, 0.2) is 11.6 Å². The normalized spacial score (nSPS) is 26.4. The molecule has 1 heterocycles. The van der Waals surface area contributed by atoms with E-state index in [0.29, 0.717) is 5.57 Å². The largest absolute Gasteiger partial charge is 0.479 e. The molecule has 1 aliphatic rings. The minimum Gasteiger partial charge on any atom is -0.479 e. The Hall–Kier alpha value is -1.36. The molecule has 0 saturated carbocycles. The van der Waals surface area contributed by atoms with Gasteiger partial charge in [0.05, 0.1) is 6.42 Å². The van der Waals surface area contributed by atoms with Gasteiger partial charge in [0.25, 0.3) is 0 Å². The van der Waals surface area contributed by atoms with Crippen molar-refractivity contribution in [2.45, 2.75) is 38.9 Å². The van der Waals surface area contributed by atoms with E-state index in [-0.39, 0.29) is 18.3 Å². The number of carbonyl (C=O) groups is 2. The van der Waals surface area contributed by atoms with Crippen LogP contribution in [0.4, 0.5) is 0 Å². The zero-order valence-electron chi connectivity index (χ0n) is 9.56. The van der Waals surface area contributed by atoms with Gasteiger partial charge in [0.2, 0.25) is 0 Å². The Bertz CT molecular complexity index is 342. The average molecular weight is 228 g/mol. The summed E-state index contributed by atoms with van der Waals surface area (Å²) >= 11 is 0. The first kappa shape index (κ1) is 12.7. The zero-order chi connectivity index (χ0) is 12.5. The maximum Gasteiger partial charge on any atom is 0.336 e. The Kier molecular flexibility index (Phi) is 3.38. The van der Waals surface area contributed by atoms with Crippen LogP contribution in [-0.2, 0) is 14.3 Å². The molecule has 0 bridgehead atoms. The van der Waals surface area contributed by atoms with Crippen LogP contribution in [0.25, 0.3) is 0 Å². The van der Waals surface area contributed by atoms with Gasteiger partial charge in [-0.1, -0.05) is 5.57 Å². The number of aliphatic hydroxyl groups is 1. The Morgan fingerprint density at radius 2 is 2.19 bits per heavy atom. The molecule has 0 aromatic heterocycles. The van der Waals surface area contributed by atoms with Gasteiger partial charge in [-0.05, 0) is 26.8 Å². The van der Waals surface area contributed by atoms with E-state index in [1.54, 1.807) is 20.8 Å². The third-order valence-electron chi connectivity index (χ3n) is 2.81. The maximum atomic E-state index is 11.2. The molecule has 0 aromatic rings. The fourth-order valence-electron chi connectivity index (χ4n) is 1.96. The van der Waals surface area contributed by atoms with Crippen molar-refractivity contribution in [2.75, 3.05) is 0 Å². The van der Waals surface area contributed by atoms with E-state index < -0.39 is 17.7 Å². The van der Waals surface area contributed by atoms with Crippen LogP contribution in [0, 0.1) is 5.92 Å². The van der Waals surface area contributed by atoms with Gasteiger partial charge < -0.3 is 14.9 Å². The van der Waals surface area contributed by atoms with E-state index >= 15 is 0 Å². The predicted octanol–water partition coefficient (Wildman–Crippen LogP) is 0.720. The number of aliphatic carboxylic acids is 1. The van der Waals surface area contributed by atoms with Gasteiger partial charge in [0.15, 0.2) is 6.10 Å². The molecule has 0 spiro atoms. The molecule has 0 unspecified atom stereocenters. The first-order chi connectivity index (χ1) is 7.24. The smallest absolute Gasteiger partial charge is 0.336 e. The Morgan fingerprint density at radius 3 is 2.56 bits per heavy atom. The van der Waals surface area contributed by atoms with Crippen molar-refractivity contribution in [3.05, 3.63) is 11.6 Å². The molecule has 1 saturated heterocycles. The van der Waals surface area contributed by atoms with Crippen LogP contribution in [0.5, 0.6) is 0 Å². The molecule has 1 rings (SSSR count). The first-order valence-electron chi connectivity index (χ1n) is 5.05. The molecule has 2 N–H and O–H groups in total. The van der Waals surface area contributed by atoms with Gasteiger partial charge in [-0.2, -0.15) is 0 Å². The molecule has 2 atom stereocenters. The molecule has 0 radical (unpaired) electrons. The van der Waals surface area contributed by atoms with Gasteiger partial charge in [-0.25, -0.2) is 4.79 Å². The van der Waals surface area contributed by atoms with Crippen LogP contribution in [0.2, 0.25) is 0 Å². The minimum atomic E-state index is -1.54. The number of esters is 1. The lowest BCUT2D eigenvalue weighted by atomic mass is 9.84. The molecule has 5 heteroatoms. The second-order valence-corrected chi connectivity index (χ2v) is 4.53. The first-order valence-corrected chi connectivity index (χ1v) is 5.05. The molecule has 0 aliphatic carbocycles. The number of carbonyl (C=O) groups excluding carboxylic acids is 1. The summed E-state index contributed by atoms with van der Waals surface area (Å²) in [7, 11) is 0. The summed E-state index contributed by atoms with van der Waals surface area (Å²) < 4.78 is 5.12. The predicted molar refractivity (Wildman–Crippen MR) is 55.7 cm³/mol. The van der Waals surface area contributed by atoms with E-state index in [1.807, 2.05) is 0 Å². The fourth-order valence-corrected chi connectivity index (χ4v) is 1.96. The molecule has 5 nitrogen and oxygen atoms in total. The van der Waals surface area contributed by atoms with Crippen LogP contribution in [0.3, 0.4) is 0 Å². The molecule has 0 aromatic carbocycles. The summed E-state index contributed by atoms with van der Waals surface area (Å²) in [5.74, 6) is -1.79. The maximum absolute atomic E-state index is 11.2. The van der Waals surface area contributed by atoms with Crippen molar-refractivity contribution in [3.8, 4) is 0 Å². The number of cyclic esters (lactones) is 1. The van der Waals surface area contributed by atoms with Crippen molar-refractivity contribution in [3.63, 3.8) is 0 Å². The molecular formula is C11H16O5. The topological polar surface area (TPSA) is 83.8 Å². The summed E-state index contributed by atoms with van der Waals surface area (Å²) in [6, 6.07) is 0. The van der Waals surface area contributed by atoms with E-state index in [0.717, 1.165) is 0 Å². The van der Waals surface area contributed by atoms with Gasteiger partial charge in [0.1, 0.15) is 5.60 Å². The van der Waals surface area contributed by atoms with Crippen LogP contribution >= 0.6 is 0 Å². The summed E-state index contributed by atoms with van der Waals surface area (Å²) in [6.07, 6.45) is -0.0650. The fraction of sp³-hybridized carbons (Fsp3) is 0.636. The summed E-state index contributed by atoms with van der Waals surface area (Å²) in [6.45, 7) is 5.24. The lowest BCUT2D eigenvalue weighted by molar-refractivity contribution is -0.146. The van der Waals surface area contributed by atoms with Crippen LogP contribution < -0.4 is 0 Å². The van der Waals surface area contributed by atoms with Crippen molar-refractivity contribution in [1.82, 2.24) is 0 Å². The highest BCUT2D eigenvalue weighted by Crippen LogP contribution is 2.37. The molecule has 1 fully saturated rings. The zero-order valence-corrected chi connectivity index (χ0v) is 9.56. The van der Waals surface area contributed by atoms with Crippen molar-refractivity contribution in [1.29, 1.82) is 0 Å². The number of aliphatic hydroxyl groups excluding tert-OH is 1. The van der Waals surface area contributed by atoms with Gasteiger partial charge in [0, 0.05) is 5.92 Å². The second kappa shape index (κ2) is 4.25. The van der Waals surface area contributed by atoms with E-state index in [9.17, 15) is 14.7 Å². The Balaban J connectivity index is 2.85. The Labute approximate surface area is 93.7 Å². The van der Waals surface area contributed by atoms with E-state index in [4.69, 9.17) is 9.84 Å². The highest BCUT2D eigenvalue weighted by molar-refractivity contribution is 5.75. The highest BCUT2D eigenvalue weighted by atomic mass is 16.6. The molecular weight excluding hydrogens is 212 g/mol. The Morgan fingerprint density at radius 1 is 1.62 bits per heavy atom. The van der Waals surface area contributed by atoms with Crippen molar-refractivity contribution < 1.29 is 24.5 Å². The third-order valence-corrected chi connectivity index (χ3v) is 2.81. The molecule has 90 valence electrons. The van der Waals surface area contributed by atoms with Crippen molar-refractivity contribution >= 4 is 11.9 Å². The van der Waals surface area contributed by atoms with Gasteiger partial charge in [-0.3, -0.25) is 4.79 Å². The van der Waals surface area contributed by atoms with Crippen molar-refractivity contribution in [2.24, 2.45) is 5.92 Å². The summed E-state index contributed by atoms with van der Waals surface area (Å²) in [5.41, 5.74) is 0.0151. The molecule has 1 aliphatic heterocycles. The number of carboxylic acid groups (broad SMARTS) is 1. The number of hydrogen-bond acceptors (Lipinski definition) is 4. The standard InChI is InChI=1S/C11H16O5/c1-6(4-8(12)10(14)15)7-5-9(13)16-11(7,2)3/h4,7-8,12H,5H2,1-3H3,(H,14,15)/t7-,8+/m1/s1.